The topological polar surface area (TPSA) is 46.2 Å². The lowest BCUT2D eigenvalue weighted by Gasteiger charge is -2.05. The summed E-state index contributed by atoms with van der Waals surface area (Å²) in [6.45, 7) is 4.06. The molecule has 0 saturated carbocycles. The molecule has 0 spiro atoms. The SMILES string of the molecule is C/C=C(\C)C(O)CN. The quantitative estimate of drug-likeness (QED) is 0.507. The Bertz CT molecular complexity index is 88.5. The molecule has 0 rings (SSSR count). The number of aliphatic hydroxyl groups is 1. The van der Waals surface area contributed by atoms with E-state index in [1.807, 2.05) is 19.9 Å². The van der Waals surface area contributed by atoms with Crippen molar-refractivity contribution in [2.75, 3.05) is 6.54 Å². The van der Waals surface area contributed by atoms with Crippen LogP contribution < -0.4 is 5.73 Å². The van der Waals surface area contributed by atoms with Gasteiger partial charge in [-0.15, -0.1) is 0 Å². The molecule has 48 valence electrons. The summed E-state index contributed by atoms with van der Waals surface area (Å²) in [5.41, 5.74) is 6.10. The van der Waals surface area contributed by atoms with E-state index in [-0.39, 0.29) is 0 Å². The Morgan fingerprint density at radius 2 is 2.38 bits per heavy atom. The van der Waals surface area contributed by atoms with E-state index in [1.165, 1.54) is 0 Å². The van der Waals surface area contributed by atoms with E-state index in [0.717, 1.165) is 5.57 Å². The average Bonchev–Trinajstić information content (AvgIpc) is 1.84. The highest BCUT2D eigenvalue weighted by molar-refractivity contribution is 5.02. The smallest absolute Gasteiger partial charge is 0.0869 e. The Kier molecular flexibility index (Phi) is 3.48. The molecule has 0 aromatic rings. The van der Waals surface area contributed by atoms with Crippen LogP contribution in [0.1, 0.15) is 13.8 Å². The Labute approximate surface area is 50.0 Å². The van der Waals surface area contributed by atoms with Crippen molar-refractivity contribution in [1.29, 1.82) is 0 Å². The van der Waals surface area contributed by atoms with Gasteiger partial charge in [-0.3, -0.25) is 0 Å². The molecule has 3 N–H and O–H groups in total. The Morgan fingerprint density at radius 1 is 1.88 bits per heavy atom. The second-order valence-electron chi connectivity index (χ2n) is 1.78. The first-order chi connectivity index (χ1) is 3.72. The van der Waals surface area contributed by atoms with Crippen molar-refractivity contribution in [2.45, 2.75) is 20.0 Å². The van der Waals surface area contributed by atoms with E-state index in [1.54, 1.807) is 0 Å². The number of aliphatic hydroxyl groups excluding tert-OH is 1. The van der Waals surface area contributed by atoms with Gasteiger partial charge in [-0.2, -0.15) is 0 Å². The highest BCUT2D eigenvalue weighted by Gasteiger charge is 1.99. The molecule has 0 radical (unpaired) electrons. The summed E-state index contributed by atoms with van der Waals surface area (Å²) in [5, 5.41) is 8.93. The first-order valence-corrected chi connectivity index (χ1v) is 2.73. The summed E-state index contributed by atoms with van der Waals surface area (Å²) in [6, 6.07) is 0. The lowest BCUT2D eigenvalue weighted by Crippen LogP contribution is -2.20. The van der Waals surface area contributed by atoms with Crippen molar-refractivity contribution in [3.63, 3.8) is 0 Å². The number of nitrogens with two attached hydrogens (primary N) is 1. The fourth-order valence-corrected chi connectivity index (χ4v) is 0.378. The second kappa shape index (κ2) is 3.64. The molecule has 0 aliphatic rings. The number of rotatable bonds is 2. The highest BCUT2D eigenvalue weighted by atomic mass is 16.3. The first-order valence-electron chi connectivity index (χ1n) is 2.73. The largest absolute Gasteiger partial charge is 0.387 e. The van der Waals surface area contributed by atoms with Crippen molar-refractivity contribution in [1.82, 2.24) is 0 Å². The van der Waals surface area contributed by atoms with Gasteiger partial charge in [0.1, 0.15) is 0 Å². The first kappa shape index (κ1) is 7.66. The number of hydrogen-bond acceptors (Lipinski definition) is 2. The van der Waals surface area contributed by atoms with E-state index in [2.05, 4.69) is 0 Å². The van der Waals surface area contributed by atoms with Crippen molar-refractivity contribution in [3.8, 4) is 0 Å². The molecule has 0 aromatic heterocycles. The van der Waals surface area contributed by atoms with E-state index in [4.69, 9.17) is 10.8 Å². The minimum atomic E-state index is -0.444. The maximum atomic E-state index is 8.93. The molecule has 0 aromatic carbocycles. The van der Waals surface area contributed by atoms with Crippen molar-refractivity contribution < 1.29 is 5.11 Å². The van der Waals surface area contributed by atoms with Gasteiger partial charge in [-0.05, 0) is 19.4 Å². The van der Waals surface area contributed by atoms with E-state index in [0.29, 0.717) is 6.54 Å². The maximum Gasteiger partial charge on any atom is 0.0869 e. The van der Waals surface area contributed by atoms with E-state index >= 15 is 0 Å². The number of allylic oxidation sites excluding steroid dienone is 1. The summed E-state index contributed by atoms with van der Waals surface area (Å²) in [7, 11) is 0. The summed E-state index contributed by atoms with van der Waals surface area (Å²) < 4.78 is 0. The van der Waals surface area contributed by atoms with Crippen LogP contribution in [0.2, 0.25) is 0 Å². The third kappa shape index (κ3) is 2.09. The molecular formula is C6H13NO. The van der Waals surface area contributed by atoms with Crippen LogP contribution >= 0.6 is 0 Å². The highest BCUT2D eigenvalue weighted by Crippen LogP contribution is 1.96. The molecule has 0 bridgehead atoms. The van der Waals surface area contributed by atoms with Crippen LogP contribution in [0.5, 0.6) is 0 Å². The molecule has 0 fully saturated rings. The van der Waals surface area contributed by atoms with Gasteiger partial charge >= 0.3 is 0 Å². The van der Waals surface area contributed by atoms with Crippen molar-refractivity contribution in [2.24, 2.45) is 5.73 Å². The molecule has 0 amide bonds. The van der Waals surface area contributed by atoms with Crippen LogP contribution in [-0.2, 0) is 0 Å². The van der Waals surface area contributed by atoms with Crippen LogP contribution in [0.25, 0.3) is 0 Å². The molecule has 0 aliphatic carbocycles. The zero-order valence-corrected chi connectivity index (χ0v) is 5.39. The molecule has 0 saturated heterocycles. The van der Waals surface area contributed by atoms with E-state index in [9.17, 15) is 0 Å². The van der Waals surface area contributed by atoms with Gasteiger partial charge < -0.3 is 10.8 Å². The molecule has 0 heterocycles. The minimum absolute atomic E-state index is 0.316. The van der Waals surface area contributed by atoms with Crippen molar-refractivity contribution in [3.05, 3.63) is 11.6 Å². The zero-order valence-electron chi connectivity index (χ0n) is 5.39. The monoisotopic (exact) mass is 115 g/mol. The predicted octanol–water partition coefficient (Wildman–Crippen LogP) is 0.272. The molecule has 2 nitrogen and oxygen atoms in total. The molecule has 0 aliphatic heterocycles. The molecular weight excluding hydrogens is 102 g/mol. The van der Waals surface area contributed by atoms with Gasteiger partial charge in [-0.1, -0.05) is 6.08 Å². The third-order valence-electron chi connectivity index (χ3n) is 1.20. The molecule has 1 atom stereocenters. The standard InChI is InChI=1S/C6H13NO/c1-3-5(2)6(8)4-7/h3,6,8H,4,7H2,1-2H3/b5-3+. The van der Waals surface area contributed by atoms with Gasteiger partial charge in [-0.25, -0.2) is 0 Å². The lowest BCUT2D eigenvalue weighted by molar-refractivity contribution is 0.219. The Balaban J connectivity index is 3.63. The maximum absolute atomic E-state index is 8.93. The number of hydrogen-bond donors (Lipinski definition) is 2. The third-order valence-corrected chi connectivity index (χ3v) is 1.20. The fourth-order valence-electron chi connectivity index (χ4n) is 0.378. The summed E-state index contributed by atoms with van der Waals surface area (Å²) in [4.78, 5) is 0. The normalized spacial score (nSPS) is 16.2. The Morgan fingerprint density at radius 3 is 2.50 bits per heavy atom. The predicted molar refractivity (Wildman–Crippen MR) is 34.5 cm³/mol. The van der Waals surface area contributed by atoms with Crippen LogP contribution in [0, 0.1) is 0 Å². The molecule has 1 unspecified atom stereocenters. The fraction of sp³-hybridized carbons (Fsp3) is 0.667. The molecule has 2 heteroatoms. The van der Waals surface area contributed by atoms with Crippen LogP contribution in [-0.4, -0.2) is 17.8 Å². The second-order valence-corrected chi connectivity index (χ2v) is 1.78. The van der Waals surface area contributed by atoms with Crippen molar-refractivity contribution >= 4 is 0 Å². The van der Waals surface area contributed by atoms with Gasteiger partial charge in [0.15, 0.2) is 0 Å². The molecule has 8 heavy (non-hydrogen) atoms. The summed E-state index contributed by atoms with van der Waals surface area (Å²) in [6.07, 6.45) is 1.41. The van der Waals surface area contributed by atoms with Gasteiger partial charge in [0.05, 0.1) is 6.10 Å². The van der Waals surface area contributed by atoms with Crippen LogP contribution in [0.3, 0.4) is 0 Å². The van der Waals surface area contributed by atoms with Crippen LogP contribution in [0.4, 0.5) is 0 Å². The Hall–Kier alpha value is -0.340. The minimum Gasteiger partial charge on any atom is -0.387 e. The summed E-state index contributed by atoms with van der Waals surface area (Å²) >= 11 is 0. The van der Waals surface area contributed by atoms with Gasteiger partial charge in [0.25, 0.3) is 0 Å². The van der Waals surface area contributed by atoms with Gasteiger partial charge in [0, 0.05) is 6.54 Å². The lowest BCUT2D eigenvalue weighted by atomic mass is 10.2. The van der Waals surface area contributed by atoms with Crippen LogP contribution in [0.15, 0.2) is 11.6 Å². The van der Waals surface area contributed by atoms with E-state index < -0.39 is 6.10 Å². The average molecular weight is 115 g/mol. The summed E-state index contributed by atoms with van der Waals surface area (Å²) in [5.74, 6) is 0. The van der Waals surface area contributed by atoms with Gasteiger partial charge in [0.2, 0.25) is 0 Å². The zero-order chi connectivity index (χ0) is 6.57.